The van der Waals surface area contributed by atoms with Crippen molar-refractivity contribution >= 4 is 11.8 Å². The maximum atomic E-state index is 14.7. The maximum absolute atomic E-state index is 14.7. The lowest BCUT2D eigenvalue weighted by atomic mass is 9.90. The lowest BCUT2D eigenvalue weighted by Crippen LogP contribution is -2.38. The van der Waals surface area contributed by atoms with Gasteiger partial charge in [-0.1, -0.05) is 6.07 Å². The van der Waals surface area contributed by atoms with Crippen molar-refractivity contribution < 1.29 is 14.0 Å². The van der Waals surface area contributed by atoms with Gasteiger partial charge in [0, 0.05) is 44.0 Å². The first-order valence-corrected chi connectivity index (χ1v) is 11.8. The second-order valence-corrected chi connectivity index (χ2v) is 8.54. The highest BCUT2D eigenvalue weighted by Crippen LogP contribution is 2.23. The number of aromatic amines is 1. The number of hydrogen-bond acceptors (Lipinski definition) is 5. The van der Waals surface area contributed by atoms with Crippen LogP contribution in [0, 0.1) is 5.82 Å². The van der Waals surface area contributed by atoms with Crippen molar-refractivity contribution in [2.45, 2.75) is 39.0 Å². The molecule has 3 aromatic rings. The van der Waals surface area contributed by atoms with Gasteiger partial charge in [-0.3, -0.25) is 19.4 Å². The molecule has 0 fully saturated rings. The Morgan fingerprint density at radius 2 is 1.97 bits per heavy atom. The molecule has 0 aliphatic heterocycles. The molecule has 1 aromatic carbocycles. The molecule has 0 bridgehead atoms. The van der Waals surface area contributed by atoms with Gasteiger partial charge in [-0.2, -0.15) is 5.10 Å². The Balaban J connectivity index is 1.46. The molecule has 4 rings (SSSR count). The zero-order chi connectivity index (χ0) is 24.8. The predicted octanol–water partition coefficient (Wildman–Crippen LogP) is 2.67. The van der Waals surface area contributed by atoms with Crippen LogP contribution in [0.25, 0.3) is 0 Å². The van der Waals surface area contributed by atoms with E-state index in [1.54, 1.807) is 37.4 Å². The number of benzene rings is 1. The van der Waals surface area contributed by atoms with Gasteiger partial charge in [0.1, 0.15) is 5.82 Å². The fraction of sp³-hybridized carbons (Fsp3) is 0.346. The highest BCUT2D eigenvalue weighted by molar-refractivity contribution is 5.95. The standard InChI is InChI=1S/C26H28FN5O3/c1-2-32(13-12-29-24(33)18-6-5-11-28-16-18)26(35)21-14-17(9-10-22(21)27)15-23-19-7-3-4-8-20(19)25(34)31-30-23/h5-6,9-11,14,16H,2-4,7-8,12-13,15H2,1H3,(H,29,33)(H,31,34). The van der Waals surface area contributed by atoms with Crippen molar-refractivity contribution in [2.24, 2.45) is 0 Å². The summed E-state index contributed by atoms with van der Waals surface area (Å²) in [5.74, 6) is -1.33. The van der Waals surface area contributed by atoms with Crippen LogP contribution in [0.3, 0.4) is 0 Å². The van der Waals surface area contributed by atoms with Gasteiger partial charge >= 0.3 is 0 Å². The number of pyridine rings is 1. The number of H-pyrrole nitrogens is 1. The minimum absolute atomic E-state index is 0.0266. The SMILES string of the molecule is CCN(CCNC(=O)c1cccnc1)C(=O)c1cc(Cc2n[nH]c(=O)c3c2CCCC3)ccc1F. The molecule has 0 radical (unpaired) electrons. The van der Waals surface area contributed by atoms with Crippen LogP contribution in [-0.2, 0) is 19.3 Å². The van der Waals surface area contributed by atoms with Crippen molar-refractivity contribution in [3.8, 4) is 0 Å². The molecule has 0 saturated heterocycles. The number of nitrogens with zero attached hydrogens (tertiary/aromatic N) is 3. The van der Waals surface area contributed by atoms with Crippen molar-refractivity contribution in [1.29, 1.82) is 0 Å². The average Bonchev–Trinajstić information content (AvgIpc) is 2.89. The minimum Gasteiger partial charge on any atom is -0.350 e. The molecular formula is C26H28FN5O3. The molecule has 8 nitrogen and oxygen atoms in total. The van der Waals surface area contributed by atoms with Gasteiger partial charge in [0.15, 0.2) is 0 Å². The number of fused-ring (bicyclic) bond motifs is 1. The fourth-order valence-electron chi connectivity index (χ4n) is 4.39. The Morgan fingerprint density at radius 3 is 2.71 bits per heavy atom. The number of hydrogen-bond donors (Lipinski definition) is 2. The molecule has 2 heterocycles. The zero-order valence-electron chi connectivity index (χ0n) is 19.6. The van der Waals surface area contributed by atoms with E-state index in [0.29, 0.717) is 18.5 Å². The monoisotopic (exact) mass is 477 g/mol. The van der Waals surface area contributed by atoms with Crippen LogP contribution in [-0.4, -0.2) is 51.5 Å². The summed E-state index contributed by atoms with van der Waals surface area (Å²) in [4.78, 5) is 42.9. The van der Waals surface area contributed by atoms with E-state index < -0.39 is 11.7 Å². The van der Waals surface area contributed by atoms with Gasteiger partial charge < -0.3 is 10.2 Å². The summed E-state index contributed by atoms with van der Waals surface area (Å²) in [6.07, 6.45) is 6.95. The molecule has 2 amide bonds. The molecule has 182 valence electrons. The van der Waals surface area contributed by atoms with E-state index in [2.05, 4.69) is 20.5 Å². The summed E-state index contributed by atoms with van der Waals surface area (Å²) in [5, 5.41) is 9.58. The van der Waals surface area contributed by atoms with Crippen molar-refractivity contribution in [3.63, 3.8) is 0 Å². The van der Waals surface area contributed by atoms with Gasteiger partial charge in [0.05, 0.1) is 16.8 Å². The first kappa shape index (κ1) is 24.3. The summed E-state index contributed by atoms with van der Waals surface area (Å²) < 4.78 is 14.7. The minimum atomic E-state index is -0.604. The van der Waals surface area contributed by atoms with E-state index in [4.69, 9.17) is 0 Å². The number of aromatic nitrogens is 3. The molecule has 0 unspecified atom stereocenters. The number of likely N-dealkylation sites (N-methyl/N-ethyl adjacent to an activating group) is 1. The number of carbonyl (C=O) groups excluding carboxylic acids is 2. The fourth-order valence-corrected chi connectivity index (χ4v) is 4.39. The number of carbonyl (C=O) groups is 2. The Labute approximate surface area is 202 Å². The lowest BCUT2D eigenvalue weighted by molar-refractivity contribution is 0.0752. The smallest absolute Gasteiger partial charge is 0.267 e. The van der Waals surface area contributed by atoms with Gasteiger partial charge in [0.2, 0.25) is 0 Å². The van der Waals surface area contributed by atoms with Crippen LogP contribution in [0.4, 0.5) is 4.39 Å². The highest BCUT2D eigenvalue weighted by Gasteiger charge is 2.21. The van der Waals surface area contributed by atoms with E-state index in [-0.39, 0.29) is 30.1 Å². The Hall–Kier alpha value is -3.88. The van der Waals surface area contributed by atoms with E-state index in [1.165, 1.54) is 17.2 Å². The summed E-state index contributed by atoms with van der Waals surface area (Å²) in [6, 6.07) is 7.80. The molecule has 2 aromatic heterocycles. The number of amides is 2. The van der Waals surface area contributed by atoms with Crippen LogP contribution in [0.5, 0.6) is 0 Å². The molecule has 0 spiro atoms. The molecule has 9 heteroatoms. The number of halogens is 1. The normalized spacial score (nSPS) is 12.6. The lowest BCUT2D eigenvalue weighted by Gasteiger charge is -2.22. The maximum Gasteiger partial charge on any atom is 0.267 e. The van der Waals surface area contributed by atoms with Crippen LogP contribution in [0.15, 0.2) is 47.5 Å². The highest BCUT2D eigenvalue weighted by atomic mass is 19.1. The topological polar surface area (TPSA) is 108 Å². The molecule has 2 N–H and O–H groups in total. The molecule has 1 aliphatic carbocycles. The third kappa shape index (κ3) is 5.62. The largest absolute Gasteiger partial charge is 0.350 e. The quantitative estimate of drug-likeness (QED) is 0.519. The summed E-state index contributed by atoms with van der Waals surface area (Å²) in [7, 11) is 0. The van der Waals surface area contributed by atoms with Crippen LogP contribution in [0.2, 0.25) is 0 Å². The predicted molar refractivity (Wildman–Crippen MR) is 129 cm³/mol. The molecule has 0 atom stereocenters. The molecule has 35 heavy (non-hydrogen) atoms. The van der Waals surface area contributed by atoms with E-state index in [1.807, 2.05) is 0 Å². The molecule has 0 saturated carbocycles. The third-order valence-corrected chi connectivity index (χ3v) is 6.28. The summed E-state index contributed by atoms with van der Waals surface area (Å²) in [5.41, 5.74) is 3.51. The Morgan fingerprint density at radius 1 is 1.17 bits per heavy atom. The van der Waals surface area contributed by atoms with Crippen LogP contribution < -0.4 is 10.9 Å². The van der Waals surface area contributed by atoms with Gasteiger partial charge in [-0.05, 0) is 68.0 Å². The van der Waals surface area contributed by atoms with Gasteiger partial charge in [-0.15, -0.1) is 0 Å². The third-order valence-electron chi connectivity index (χ3n) is 6.28. The second-order valence-electron chi connectivity index (χ2n) is 8.54. The zero-order valence-corrected chi connectivity index (χ0v) is 19.6. The number of nitrogens with one attached hydrogen (secondary N) is 2. The Kier molecular flexibility index (Phi) is 7.64. The first-order valence-electron chi connectivity index (χ1n) is 11.8. The Bertz CT molecular complexity index is 1280. The van der Waals surface area contributed by atoms with Crippen molar-refractivity contribution in [1.82, 2.24) is 25.4 Å². The average molecular weight is 478 g/mol. The van der Waals surface area contributed by atoms with Crippen LogP contribution in [0.1, 0.15) is 62.9 Å². The van der Waals surface area contributed by atoms with E-state index in [9.17, 15) is 18.8 Å². The first-order chi connectivity index (χ1) is 17.0. The van der Waals surface area contributed by atoms with Gasteiger partial charge in [0.25, 0.3) is 17.4 Å². The van der Waals surface area contributed by atoms with E-state index >= 15 is 0 Å². The van der Waals surface area contributed by atoms with Crippen molar-refractivity contribution in [3.05, 3.63) is 92.4 Å². The summed E-state index contributed by atoms with van der Waals surface area (Å²) in [6.45, 7) is 2.63. The van der Waals surface area contributed by atoms with Crippen molar-refractivity contribution in [2.75, 3.05) is 19.6 Å². The molecular weight excluding hydrogens is 449 g/mol. The van der Waals surface area contributed by atoms with Crippen LogP contribution >= 0.6 is 0 Å². The summed E-state index contributed by atoms with van der Waals surface area (Å²) >= 11 is 0. The van der Waals surface area contributed by atoms with Gasteiger partial charge in [-0.25, -0.2) is 9.49 Å². The second kappa shape index (κ2) is 11.0. The molecule has 1 aliphatic rings. The number of rotatable bonds is 8. The van der Waals surface area contributed by atoms with E-state index in [0.717, 1.165) is 48.1 Å².